The van der Waals surface area contributed by atoms with Crippen LogP contribution in [-0.2, 0) is 6.42 Å². The van der Waals surface area contributed by atoms with Gasteiger partial charge in [-0.1, -0.05) is 55.8 Å². The van der Waals surface area contributed by atoms with E-state index >= 15 is 0 Å². The number of rotatable bonds is 9. The van der Waals surface area contributed by atoms with Crippen LogP contribution in [0.15, 0.2) is 42.0 Å². The van der Waals surface area contributed by atoms with Crippen molar-refractivity contribution in [1.29, 1.82) is 0 Å². The zero-order chi connectivity index (χ0) is 15.7. The summed E-state index contributed by atoms with van der Waals surface area (Å²) in [6, 6.07) is 10.6. The molecule has 118 valence electrons. The normalized spacial score (nSPS) is 15.3. The number of benzene rings is 1. The fourth-order valence-electron chi connectivity index (χ4n) is 2.65. The van der Waals surface area contributed by atoms with E-state index in [9.17, 15) is 5.11 Å². The molecule has 0 amide bonds. The summed E-state index contributed by atoms with van der Waals surface area (Å²) >= 11 is 0. The van der Waals surface area contributed by atoms with Crippen molar-refractivity contribution >= 4 is 0 Å². The van der Waals surface area contributed by atoms with E-state index in [1.54, 1.807) is 0 Å². The van der Waals surface area contributed by atoms with Gasteiger partial charge in [-0.2, -0.15) is 0 Å². The summed E-state index contributed by atoms with van der Waals surface area (Å²) in [7, 11) is 0. The first-order chi connectivity index (χ1) is 9.99. The Kier molecular flexibility index (Phi) is 8.37. The van der Waals surface area contributed by atoms with E-state index in [0.717, 1.165) is 25.7 Å². The molecular weight excluding hydrogens is 256 g/mol. The highest BCUT2D eigenvalue weighted by atomic mass is 16.3. The summed E-state index contributed by atoms with van der Waals surface area (Å²) in [5.74, 6) is 0.964. The van der Waals surface area contributed by atoms with Crippen LogP contribution < -0.4 is 0 Å². The first-order valence-electron chi connectivity index (χ1n) is 8.34. The standard InChI is InChI=1S/C20H32O/c1-16(2)9-8-10-17(3)15-20(21)18(4)13-14-19-11-6-5-7-12-19/h5-7,9,11-12,17-18,20-21H,8,10,13-15H2,1-4H3/t17-,18?,20?/m1/s1. The molecular formula is C20H32O. The number of aliphatic hydroxyl groups excluding tert-OH is 1. The maximum atomic E-state index is 10.4. The summed E-state index contributed by atoms with van der Waals surface area (Å²) in [4.78, 5) is 0. The van der Waals surface area contributed by atoms with Crippen LogP contribution in [0.3, 0.4) is 0 Å². The molecule has 0 saturated carbocycles. The molecule has 1 aromatic rings. The van der Waals surface area contributed by atoms with E-state index in [0.29, 0.717) is 11.8 Å². The predicted octanol–water partition coefficient (Wildman–Crippen LogP) is 5.39. The van der Waals surface area contributed by atoms with E-state index in [1.807, 2.05) is 0 Å². The molecule has 0 spiro atoms. The Hall–Kier alpha value is -1.08. The highest BCUT2D eigenvalue weighted by molar-refractivity contribution is 5.14. The van der Waals surface area contributed by atoms with Gasteiger partial charge in [0.15, 0.2) is 0 Å². The fourth-order valence-corrected chi connectivity index (χ4v) is 2.65. The van der Waals surface area contributed by atoms with Gasteiger partial charge in [-0.05, 0) is 63.4 Å². The zero-order valence-corrected chi connectivity index (χ0v) is 14.2. The monoisotopic (exact) mass is 288 g/mol. The van der Waals surface area contributed by atoms with Crippen molar-refractivity contribution in [1.82, 2.24) is 0 Å². The van der Waals surface area contributed by atoms with Gasteiger partial charge in [-0.3, -0.25) is 0 Å². The minimum Gasteiger partial charge on any atom is -0.393 e. The Labute approximate surface area is 131 Å². The zero-order valence-electron chi connectivity index (χ0n) is 14.2. The maximum Gasteiger partial charge on any atom is 0.0568 e. The van der Waals surface area contributed by atoms with Gasteiger partial charge in [-0.15, -0.1) is 0 Å². The Bertz CT molecular complexity index is 403. The molecule has 0 aliphatic carbocycles. The van der Waals surface area contributed by atoms with E-state index in [1.165, 1.54) is 17.6 Å². The Morgan fingerprint density at radius 1 is 1.10 bits per heavy atom. The van der Waals surface area contributed by atoms with Crippen LogP contribution in [0.4, 0.5) is 0 Å². The molecule has 1 N–H and O–H groups in total. The van der Waals surface area contributed by atoms with Crippen molar-refractivity contribution in [2.75, 3.05) is 0 Å². The van der Waals surface area contributed by atoms with Gasteiger partial charge in [0.25, 0.3) is 0 Å². The van der Waals surface area contributed by atoms with Crippen LogP contribution in [0.1, 0.15) is 58.9 Å². The van der Waals surface area contributed by atoms with E-state index < -0.39 is 0 Å². The second kappa shape index (κ2) is 9.78. The molecule has 0 aromatic heterocycles. The van der Waals surface area contributed by atoms with Crippen LogP contribution in [-0.4, -0.2) is 11.2 Å². The predicted molar refractivity (Wildman–Crippen MR) is 92.4 cm³/mol. The van der Waals surface area contributed by atoms with Gasteiger partial charge in [0.2, 0.25) is 0 Å². The van der Waals surface area contributed by atoms with Gasteiger partial charge in [0.05, 0.1) is 6.10 Å². The molecule has 1 nitrogen and oxygen atoms in total. The molecule has 1 aromatic carbocycles. The molecule has 0 aliphatic heterocycles. The van der Waals surface area contributed by atoms with Crippen molar-refractivity contribution in [2.24, 2.45) is 11.8 Å². The van der Waals surface area contributed by atoms with Crippen molar-refractivity contribution in [3.8, 4) is 0 Å². The first-order valence-corrected chi connectivity index (χ1v) is 8.34. The summed E-state index contributed by atoms with van der Waals surface area (Å²) in [6.45, 7) is 8.72. The Morgan fingerprint density at radius 2 is 1.76 bits per heavy atom. The third kappa shape index (κ3) is 8.06. The molecule has 3 atom stereocenters. The lowest BCUT2D eigenvalue weighted by molar-refractivity contribution is 0.0868. The second-order valence-corrected chi connectivity index (χ2v) is 6.77. The molecule has 0 radical (unpaired) electrons. The summed E-state index contributed by atoms with van der Waals surface area (Å²) < 4.78 is 0. The minimum absolute atomic E-state index is 0.171. The molecule has 21 heavy (non-hydrogen) atoms. The molecule has 1 heteroatoms. The van der Waals surface area contributed by atoms with Crippen LogP contribution in [0, 0.1) is 11.8 Å². The molecule has 1 rings (SSSR count). The second-order valence-electron chi connectivity index (χ2n) is 6.77. The van der Waals surface area contributed by atoms with Crippen LogP contribution in [0.25, 0.3) is 0 Å². The Balaban J connectivity index is 2.27. The largest absolute Gasteiger partial charge is 0.393 e. The first kappa shape index (κ1) is 18.0. The van der Waals surface area contributed by atoms with Crippen LogP contribution in [0.2, 0.25) is 0 Å². The number of aryl methyl sites for hydroxylation is 1. The van der Waals surface area contributed by atoms with Crippen molar-refractivity contribution in [3.63, 3.8) is 0 Å². The summed E-state index contributed by atoms with van der Waals surface area (Å²) in [5.41, 5.74) is 2.76. The minimum atomic E-state index is -0.171. The van der Waals surface area contributed by atoms with Gasteiger partial charge >= 0.3 is 0 Å². The molecule has 2 unspecified atom stereocenters. The fraction of sp³-hybridized carbons (Fsp3) is 0.600. The van der Waals surface area contributed by atoms with E-state index in [2.05, 4.69) is 64.1 Å². The smallest absolute Gasteiger partial charge is 0.0568 e. The lowest BCUT2D eigenvalue weighted by atomic mass is 9.89. The topological polar surface area (TPSA) is 20.2 Å². The SMILES string of the molecule is CC(C)=CCC[C@@H](C)CC(O)C(C)CCc1ccccc1. The third-order valence-electron chi connectivity index (χ3n) is 4.24. The lowest BCUT2D eigenvalue weighted by Gasteiger charge is -2.22. The van der Waals surface area contributed by atoms with Gasteiger partial charge in [0.1, 0.15) is 0 Å². The lowest BCUT2D eigenvalue weighted by Crippen LogP contribution is -2.21. The number of allylic oxidation sites excluding steroid dienone is 2. The van der Waals surface area contributed by atoms with Gasteiger partial charge in [-0.25, -0.2) is 0 Å². The maximum absolute atomic E-state index is 10.4. The summed E-state index contributed by atoms with van der Waals surface area (Å²) in [6.07, 6.45) is 7.48. The molecule has 0 aliphatic rings. The third-order valence-corrected chi connectivity index (χ3v) is 4.24. The van der Waals surface area contributed by atoms with Gasteiger partial charge < -0.3 is 5.11 Å². The number of hydrogen-bond donors (Lipinski definition) is 1. The highest BCUT2D eigenvalue weighted by Crippen LogP contribution is 2.21. The molecule has 0 bridgehead atoms. The number of aliphatic hydroxyl groups is 1. The summed E-state index contributed by atoms with van der Waals surface area (Å²) in [5, 5.41) is 10.4. The molecule has 0 fully saturated rings. The quantitative estimate of drug-likeness (QED) is 0.604. The van der Waals surface area contributed by atoms with Crippen LogP contribution in [0.5, 0.6) is 0 Å². The average molecular weight is 288 g/mol. The van der Waals surface area contributed by atoms with Crippen molar-refractivity contribution in [3.05, 3.63) is 47.5 Å². The number of hydrogen-bond acceptors (Lipinski definition) is 1. The molecule has 0 heterocycles. The average Bonchev–Trinajstić information content (AvgIpc) is 2.45. The van der Waals surface area contributed by atoms with Crippen molar-refractivity contribution in [2.45, 2.75) is 65.9 Å². The van der Waals surface area contributed by atoms with Crippen LogP contribution >= 0.6 is 0 Å². The highest BCUT2D eigenvalue weighted by Gasteiger charge is 2.17. The molecule has 0 saturated heterocycles. The Morgan fingerprint density at radius 3 is 2.38 bits per heavy atom. The van der Waals surface area contributed by atoms with Gasteiger partial charge in [0, 0.05) is 0 Å². The van der Waals surface area contributed by atoms with E-state index in [-0.39, 0.29) is 6.10 Å². The van der Waals surface area contributed by atoms with E-state index in [4.69, 9.17) is 0 Å². The van der Waals surface area contributed by atoms with Crippen molar-refractivity contribution < 1.29 is 5.11 Å².